The van der Waals surface area contributed by atoms with Gasteiger partial charge in [-0.2, -0.15) is 0 Å². The lowest BCUT2D eigenvalue weighted by Crippen LogP contribution is -2.38. The Kier molecular flexibility index (Phi) is 4.64. The lowest BCUT2D eigenvalue weighted by Gasteiger charge is -2.31. The highest BCUT2D eigenvalue weighted by atomic mass is 32.1. The molecule has 2 N–H and O–H groups in total. The quantitative estimate of drug-likeness (QED) is 0.714. The SMILES string of the molecule is CN(C(=O)c1sc2nc(-c3ccccc3)ccc2c1N)C1CCCCC1. The van der Waals surface area contributed by atoms with E-state index in [1.807, 2.05) is 54.4 Å². The van der Waals surface area contributed by atoms with Crippen molar-refractivity contribution in [1.29, 1.82) is 0 Å². The molecule has 1 amide bonds. The maximum Gasteiger partial charge on any atom is 0.266 e. The summed E-state index contributed by atoms with van der Waals surface area (Å²) in [5.74, 6) is 0.0265. The maximum absolute atomic E-state index is 13.0. The Morgan fingerprint density at radius 3 is 2.58 bits per heavy atom. The molecule has 1 aliphatic rings. The summed E-state index contributed by atoms with van der Waals surface area (Å²) < 4.78 is 0. The molecule has 1 saturated carbocycles. The van der Waals surface area contributed by atoms with Gasteiger partial charge in [0.2, 0.25) is 0 Å². The van der Waals surface area contributed by atoms with Crippen LogP contribution in [0.15, 0.2) is 42.5 Å². The number of hydrogen-bond donors (Lipinski definition) is 1. The van der Waals surface area contributed by atoms with Crippen LogP contribution in [0, 0.1) is 0 Å². The van der Waals surface area contributed by atoms with Gasteiger partial charge in [-0.1, -0.05) is 49.6 Å². The predicted molar refractivity (Wildman–Crippen MR) is 108 cm³/mol. The second-order valence-corrected chi connectivity index (χ2v) is 7.97. The number of aromatic nitrogens is 1. The molecule has 4 nitrogen and oxygen atoms in total. The van der Waals surface area contributed by atoms with E-state index < -0.39 is 0 Å². The molecule has 1 aliphatic carbocycles. The van der Waals surface area contributed by atoms with E-state index in [-0.39, 0.29) is 5.91 Å². The first-order valence-electron chi connectivity index (χ1n) is 9.17. The number of nitrogen functional groups attached to an aromatic ring is 1. The smallest absolute Gasteiger partial charge is 0.266 e. The van der Waals surface area contributed by atoms with Crippen molar-refractivity contribution in [3.05, 3.63) is 47.3 Å². The monoisotopic (exact) mass is 365 g/mol. The number of fused-ring (bicyclic) bond motifs is 1. The maximum atomic E-state index is 13.0. The molecular formula is C21H23N3OS. The van der Waals surface area contributed by atoms with Gasteiger partial charge in [0.25, 0.3) is 5.91 Å². The van der Waals surface area contributed by atoms with E-state index in [1.54, 1.807) is 0 Å². The van der Waals surface area contributed by atoms with Gasteiger partial charge in [-0.25, -0.2) is 4.98 Å². The van der Waals surface area contributed by atoms with Crippen LogP contribution >= 0.6 is 11.3 Å². The molecule has 0 unspecified atom stereocenters. The molecule has 26 heavy (non-hydrogen) atoms. The highest BCUT2D eigenvalue weighted by Crippen LogP contribution is 2.35. The number of carbonyl (C=O) groups is 1. The summed E-state index contributed by atoms with van der Waals surface area (Å²) in [5.41, 5.74) is 8.84. The standard InChI is InChI=1S/C21H23N3OS/c1-24(15-10-6-3-7-11-15)21(25)19-18(22)16-12-13-17(23-20(16)26-19)14-8-4-2-5-9-14/h2,4-5,8-9,12-13,15H,3,6-7,10-11,22H2,1H3. The Labute approximate surface area is 157 Å². The van der Waals surface area contributed by atoms with Crippen LogP contribution in [0.2, 0.25) is 0 Å². The number of rotatable bonds is 3. The Morgan fingerprint density at radius 2 is 1.85 bits per heavy atom. The van der Waals surface area contributed by atoms with Crippen molar-refractivity contribution in [3.63, 3.8) is 0 Å². The highest BCUT2D eigenvalue weighted by Gasteiger charge is 2.26. The van der Waals surface area contributed by atoms with E-state index in [0.29, 0.717) is 16.6 Å². The summed E-state index contributed by atoms with van der Waals surface area (Å²) in [7, 11) is 1.91. The Morgan fingerprint density at radius 1 is 1.12 bits per heavy atom. The van der Waals surface area contributed by atoms with Crippen LogP contribution < -0.4 is 5.73 Å². The average molecular weight is 366 g/mol. The zero-order valence-corrected chi connectivity index (χ0v) is 15.8. The van der Waals surface area contributed by atoms with Crippen LogP contribution in [0.1, 0.15) is 41.8 Å². The molecule has 0 aliphatic heterocycles. The fourth-order valence-corrected chi connectivity index (χ4v) is 4.80. The first-order valence-corrected chi connectivity index (χ1v) is 9.98. The Bertz CT molecular complexity index is 929. The van der Waals surface area contributed by atoms with Gasteiger partial charge in [0.05, 0.1) is 11.4 Å². The lowest BCUT2D eigenvalue weighted by atomic mass is 9.94. The van der Waals surface area contributed by atoms with Crippen molar-refractivity contribution in [2.45, 2.75) is 38.1 Å². The van der Waals surface area contributed by atoms with Gasteiger partial charge in [-0.15, -0.1) is 11.3 Å². The number of nitrogens with zero attached hydrogens (tertiary/aromatic N) is 2. The number of thiophene rings is 1. The molecule has 3 aromatic rings. The minimum atomic E-state index is 0.0265. The molecule has 0 spiro atoms. The molecule has 2 heterocycles. The fraction of sp³-hybridized carbons (Fsp3) is 0.333. The van der Waals surface area contributed by atoms with Gasteiger partial charge in [0.1, 0.15) is 9.71 Å². The first-order chi connectivity index (χ1) is 12.6. The summed E-state index contributed by atoms with van der Waals surface area (Å²) in [5, 5.41) is 0.870. The third-order valence-electron chi connectivity index (χ3n) is 5.30. The minimum absolute atomic E-state index is 0.0265. The number of carbonyl (C=O) groups excluding carboxylic acids is 1. The largest absolute Gasteiger partial charge is 0.397 e. The number of anilines is 1. The normalized spacial score (nSPS) is 15.3. The van der Waals surface area contributed by atoms with Crippen molar-refractivity contribution in [2.75, 3.05) is 12.8 Å². The van der Waals surface area contributed by atoms with Gasteiger partial charge in [0, 0.05) is 24.0 Å². The second kappa shape index (κ2) is 7.08. The van der Waals surface area contributed by atoms with E-state index in [1.165, 1.54) is 30.6 Å². The van der Waals surface area contributed by atoms with E-state index >= 15 is 0 Å². The van der Waals surface area contributed by atoms with Crippen molar-refractivity contribution in [1.82, 2.24) is 9.88 Å². The number of hydrogen-bond acceptors (Lipinski definition) is 4. The molecule has 1 fully saturated rings. The van der Waals surface area contributed by atoms with Gasteiger partial charge in [0.15, 0.2) is 0 Å². The molecule has 134 valence electrons. The first kappa shape index (κ1) is 17.0. The van der Waals surface area contributed by atoms with Gasteiger partial charge in [-0.05, 0) is 25.0 Å². The zero-order valence-electron chi connectivity index (χ0n) is 14.9. The molecule has 2 aromatic heterocycles. The zero-order chi connectivity index (χ0) is 18.1. The average Bonchev–Trinajstić information content (AvgIpc) is 3.04. The van der Waals surface area contributed by atoms with Crippen LogP contribution in [0.5, 0.6) is 0 Å². The van der Waals surface area contributed by atoms with Gasteiger partial charge in [-0.3, -0.25) is 4.79 Å². The number of nitrogens with two attached hydrogens (primary N) is 1. The third-order valence-corrected chi connectivity index (χ3v) is 6.40. The number of benzene rings is 1. The third kappa shape index (κ3) is 3.07. The Hall–Kier alpha value is -2.40. The van der Waals surface area contributed by atoms with Gasteiger partial charge < -0.3 is 10.6 Å². The summed E-state index contributed by atoms with van der Waals surface area (Å²) in [4.78, 5) is 21.1. The molecule has 1 aromatic carbocycles. The highest BCUT2D eigenvalue weighted by molar-refractivity contribution is 7.21. The number of amides is 1. The molecule has 0 bridgehead atoms. The fourth-order valence-electron chi connectivity index (χ4n) is 3.72. The molecular weight excluding hydrogens is 342 g/mol. The van der Waals surface area contributed by atoms with Gasteiger partial charge >= 0.3 is 0 Å². The summed E-state index contributed by atoms with van der Waals surface area (Å²) >= 11 is 1.41. The van der Waals surface area contributed by atoms with E-state index in [0.717, 1.165) is 34.3 Å². The second-order valence-electron chi connectivity index (χ2n) is 6.97. The van der Waals surface area contributed by atoms with E-state index in [2.05, 4.69) is 0 Å². The van der Waals surface area contributed by atoms with Crippen molar-refractivity contribution < 1.29 is 4.79 Å². The minimum Gasteiger partial charge on any atom is -0.397 e. The van der Waals surface area contributed by atoms with Crippen LogP contribution in [0.25, 0.3) is 21.5 Å². The van der Waals surface area contributed by atoms with E-state index in [9.17, 15) is 4.79 Å². The van der Waals surface area contributed by atoms with E-state index in [4.69, 9.17) is 10.7 Å². The summed E-state index contributed by atoms with van der Waals surface area (Å²) in [6.45, 7) is 0. The molecule has 5 heteroatoms. The predicted octanol–water partition coefficient (Wildman–Crippen LogP) is 4.95. The van der Waals surface area contributed by atoms with Crippen LogP contribution in [0.4, 0.5) is 5.69 Å². The summed E-state index contributed by atoms with van der Waals surface area (Å²) in [6.07, 6.45) is 5.85. The van der Waals surface area contributed by atoms with Crippen LogP contribution in [-0.4, -0.2) is 28.9 Å². The van der Waals surface area contributed by atoms with Crippen molar-refractivity contribution in [2.24, 2.45) is 0 Å². The molecule has 0 saturated heterocycles. The topological polar surface area (TPSA) is 59.2 Å². The summed E-state index contributed by atoms with van der Waals surface area (Å²) in [6, 6.07) is 14.3. The van der Waals surface area contributed by atoms with Crippen molar-refractivity contribution >= 4 is 33.1 Å². The van der Waals surface area contributed by atoms with Crippen LogP contribution in [0.3, 0.4) is 0 Å². The number of pyridine rings is 1. The molecule has 4 rings (SSSR count). The Balaban J connectivity index is 1.67. The molecule has 0 atom stereocenters. The van der Waals surface area contributed by atoms with Crippen LogP contribution in [-0.2, 0) is 0 Å². The lowest BCUT2D eigenvalue weighted by molar-refractivity contribution is 0.0702. The molecule has 0 radical (unpaired) electrons. The van der Waals surface area contributed by atoms with Crippen molar-refractivity contribution in [3.8, 4) is 11.3 Å².